The van der Waals surface area contributed by atoms with Gasteiger partial charge in [0, 0.05) is 19.0 Å². The Morgan fingerprint density at radius 3 is 2.25 bits per heavy atom. The van der Waals surface area contributed by atoms with Crippen molar-refractivity contribution in [2.24, 2.45) is 5.92 Å². The van der Waals surface area contributed by atoms with Crippen LogP contribution in [0.5, 0.6) is 0 Å². The lowest BCUT2D eigenvalue weighted by Gasteiger charge is -2.30. The van der Waals surface area contributed by atoms with E-state index < -0.39 is 21.8 Å². The van der Waals surface area contributed by atoms with Crippen molar-refractivity contribution in [1.82, 2.24) is 15.2 Å². The largest absolute Gasteiger partial charge is 0.279 e. The second kappa shape index (κ2) is 8.79. The van der Waals surface area contributed by atoms with Gasteiger partial charge in [0.15, 0.2) is 0 Å². The summed E-state index contributed by atoms with van der Waals surface area (Å²) in [6, 6.07) is 7.90. The van der Waals surface area contributed by atoms with Crippen LogP contribution >= 0.6 is 34.5 Å². The molecule has 2 amide bonds. The van der Waals surface area contributed by atoms with Gasteiger partial charge in [-0.15, -0.1) is 11.3 Å². The van der Waals surface area contributed by atoms with Crippen molar-refractivity contribution in [3.63, 3.8) is 0 Å². The van der Waals surface area contributed by atoms with Crippen LogP contribution in [0.1, 0.15) is 22.5 Å². The summed E-state index contributed by atoms with van der Waals surface area (Å²) in [4.78, 5) is 24.5. The summed E-state index contributed by atoms with van der Waals surface area (Å²) in [5.41, 5.74) is 4.77. The number of halogens is 2. The third-order valence-electron chi connectivity index (χ3n) is 4.39. The fourth-order valence-electron chi connectivity index (χ4n) is 2.91. The van der Waals surface area contributed by atoms with Gasteiger partial charge in [-0.2, -0.15) is 4.31 Å². The van der Waals surface area contributed by atoms with E-state index >= 15 is 0 Å². The average molecular weight is 462 g/mol. The molecule has 0 saturated carbocycles. The Morgan fingerprint density at radius 2 is 1.68 bits per heavy atom. The molecule has 0 aliphatic carbocycles. The van der Waals surface area contributed by atoms with Gasteiger partial charge >= 0.3 is 0 Å². The zero-order valence-corrected chi connectivity index (χ0v) is 17.7. The molecule has 1 aromatic heterocycles. The minimum atomic E-state index is -3.86. The average Bonchev–Trinajstić information content (AvgIpc) is 3.20. The van der Waals surface area contributed by atoms with Crippen LogP contribution in [0, 0.1) is 5.92 Å². The van der Waals surface area contributed by atoms with E-state index in [-0.39, 0.29) is 33.9 Å². The zero-order chi connectivity index (χ0) is 20.3. The number of thiophene rings is 1. The molecule has 1 aliphatic rings. The van der Waals surface area contributed by atoms with E-state index in [1.807, 2.05) is 0 Å². The minimum Gasteiger partial charge on any atom is -0.273 e. The maximum absolute atomic E-state index is 12.9. The molecule has 7 nitrogen and oxygen atoms in total. The van der Waals surface area contributed by atoms with Crippen molar-refractivity contribution in [2.45, 2.75) is 17.7 Å². The molecule has 2 N–H and O–H groups in total. The van der Waals surface area contributed by atoms with Crippen LogP contribution in [-0.4, -0.2) is 37.6 Å². The summed E-state index contributed by atoms with van der Waals surface area (Å²) < 4.78 is 27.0. The lowest BCUT2D eigenvalue weighted by molar-refractivity contribution is -0.126. The maximum atomic E-state index is 12.9. The Kier molecular flexibility index (Phi) is 6.61. The number of benzene rings is 1. The van der Waals surface area contributed by atoms with Gasteiger partial charge in [-0.3, -0.25) is 20.4 Å². The monoisotopic (exact) mass is 461 g/mol. The van der Waals surface area contributed by atoms with Gasteiger partial charge in [0.05, 0.1) is 14.9 Å². The quantitative estimate of drug-likeness (QED) is 0.684. The first-order valence-electron chi connectivity index (χ1n) is 8.38. The molecule has 28 heavy (non-hydrogen) atoms. The standard InChI is InChI=1S/C17H17Cl2N3O4S2/c18-12-3-1-4-13(19)15(12)28(25,26)22-8-6-11(7-9-22)16(23)20-21-17(24)14-5-2-10-27-14/h1-5,10-11H,6-9H2,(H,20,23)(H,21,24). The van der Waals surface area contributed by atoms with Crippen LogP contribution in [0.2, 0.25) is 10.0 Å². The second-order valence-electron chi connectivity index (χ2n) is 6.15. The van der Waals surface area contributed by atoms with E-state index in [1.54, 1.807) is 23.6 Å². The molecule has 1 saturated heterocycles. The predicted octanol–water partition coefficient (Wildman–Crippen LogP) is 2.92. The van der Waals surface area contributed by atoms with E-state index in [4.69, 9.17) is 23.2 Å². The van der Waals surface area contributed by atoms with E-state index in [9.17, 15) is 18.0 Å². The first kappa shape index (κ1) is 21.1. The summed E-state index contributed by atoms with van der Waals surface area (Å²) in [5.74, 6) is -1.15. The highest BCUT2D eigenvalue weighted by atomic mass is 35.5. The molecule has 1 aliphatic heterocycles. The van der Waals surface area contributed by atoms with Crippen molar-refractivity contribution in [2.75, 3.05) is 13.1 Å². The molecular weight excluding hydrogens is 445 g/mol. The summed E-state index contributed by atoms with van der Waals surface area (Å²) in [6.07, 6.45) is 0.643. The van der Waals surface area contributed by atoms with Crippen LogP contribution < -0.4 is 10.9 Å². The van der Waals surface area contributed by atoms with Crippen LogP contribution in [0.25, 0.3) is 0 Å². The summed E-state index contributed by atoms with van der Waals surface area (Å²) in [5, 5.41) is 1.88. The number of carbonyl (C=O) groups excluding carboxylic acids is 2. The number of hydrogen-bond donors (Lipinski definition) is 2. The lowest BCUT2D eigenvalue weighted by atomic mass is 9.98. The number of piperidine rings is 1. The number of hydrogen-bond acceptors (Lipinski definition) is 5. The van der Waals surface area contributed by atoms with Gasteiger partial charge in [0.25, 0.3) is 5.91 Å². The van der Waals surface area contributed by atoms with Gasteiger partial charge in [-0.25, -0.2) is 8.42 Å². The number of nitrogens with zero attached hydrogens (tertiary/aromatic N) is 1. The van der Waals surface area contributed by atoms with Crippen LogP contribution in [0.3, 0.4) is 0 Å². The molecule has 0 spiro atoms. The van der Waals surface area contributed by atoms with Crippen molar-refractivity contribution < 1.29 is 18.0 Å². The van der Waals surface area contributed by atoms with E-state index in [0.29, 0.717) is 17.7 Å². The molecule has 11 heteroatoms. The maximum Gasteiger partial charge on any atom is 0.279 e. The molecule has 1 fully saturated rings. The first-order valence-corrected chi connectivity index (χ1v) is 11.5. The molecule has 0 bridgehead atoms. The van der Waals surface area contributed by atoms with E-state index in [2.05, 4.69) is 10.9 Å². The van der Waals surface area contributed by atoms with E-state index in [0.717, 1.165) is 0 Å². The number of sulfonamides is 1. The fourth-order valence-corrected chi connectivity index (χ4v) is 6.09. The van der Waals surface area contributed by atoms with E-state index in [1.165, 1.54) is 27.8 Å². The van der Waals surface area contributed by atoms with Crippen molar-refractivity contribution >= 4 is 56.4 Å². The summed E-state index contributed by atoms with van der Waals surface area (Å²) in [7, 11) is -3.86. The lowest BCUT2D eigenvalue weighted by Crippen LogP contribution is -2.48. The van der Waals surface area contributed by atoms with Gasteiger partial charge in [-0.05, 0) is 36.4 Å². The zero-order valence-electron chi connectivity index (χ0n) is 14.5. The van der Waals surface area contributed by atoms with Gasteiger partial charge in [-0.1, -0.05) is 35.3 Å². The molecule has 0 unspecified atom stereocenters. The molecule has 1 aromatic carbocycles. The normalized spacial score (nSPS) is 15.9. The molecule has 0 atom stereocenters. The highest BCUT2D eigenvalue weighted by Gasteiger charge is 2.34. The smallest absolute Gasteiger partial charge is 0.273 e. The van der Waals surface area contributed by atoms with Crippen LogP contribution in [0.4, 0.5) is 0 Å². The Balaban J connectivity index is 1.58. The SMILES string of the molecule is O=C(NNC(=O)C1CCN(S(=O)(=O)c2c(Cl)cccc2Cl)CC1)c1cccs1. The van der Waals surface area contributed by atoms with Gasteiger partial charge < -0.3 is 0 Å². The van der Waals surface area contributed by atoms with Gasteiger partial charge in [0.1, 0.15) is 4.90 Å². The third-order valence-corrected chi connectivity index (χ3v) is 8.11. The fraction of sp³-hybridized carbons (Fsp3) is 0.294. The highest BCUT2D eigenvalue weighted by molar-refractivity contribution is 7.89. The molecule has 0 radical (unpaired) electrons. The second-order valence-corrected chi connectivity index (χ2v) is 9.79. The van der Waals surface area contributed by atoms with Crippen LogP contribution in [0.15, 0.2) is 40.6 Å². The first-order chi connectivity index (χ1) is 13.3. The molecule has 3 rings (SSSR count). The van der Waals surface area contributed by atoms with Gasteiger partial charge in [0.2, 0.25) is 15.9 Å². The van der Waals surface area contributed by atoms with Crippen LogP contribution in [-0.2, 0) is 14.8 Å². The number of amides is 2. The topological polar surface area (TPSA) is 95.6 Å². The number of carbonyl (C=O) groups is 2. The molecular formula is C17H17Cl2N3O4S2. The Morgan fingerprint density at radius 1 is 1.04 bits per heavy atom. The summed E-state index contributed by atoms with van der Waals surface area (Å²) >= 11 is 13.3. The van der Waals surface area contributed by atoms with Crippen molar-refractivity contribution in [3.05, 3.63) is 50.6 Å². The summed E-state index contributed by atoms with van der Waals surface area (Å²) in [6.45, 7) is 0.307. The van der Waals surface area contributed by atoms with Crippen molar-refractivity contribution in [3.8, 4) is 0 Å². The Labute approximate surface area is 176 Å². The third kappa shape index (κ3) is 4.49. The molecule has 150 valence electrons. The van der Waals surface area contributed by atoms with Crippen molar-refractivity contribution in [1.29, 1.82) is 0 Å². The molecule has 2 aromatic rings. The predicted molar refractivity (Wildman–Crippen MR) is 108 cm³/mol. The minimum absolute atomic E-state index is 0.0589. The molecule has 2 heterocycles. The Hall–Kier alpha value is -1.65. The highest BCUT2D eigenvalue weighted by Crippen LogP contribution is 2.33. The Bertz CT molecular complexity index is 952. The number of hydrazine groups is 1. The number of rotatable bonds is 4. The number of nitrogens with one attached hydrogen (secondary N) is 2.